The number of aromatic nitrogens is 1. The van der Waals surface area contributed by atoms with Gasteiger partial charge in [0.1, 0.15) is 0 Å². The number of thiazole rings is 1. The summed E-state index contributed by atoms with van der Waals surface area (Å²) >= 11 is 1.75. The number of nitrogens with one attached hydrogen (secondary N) is 1. The summed E-state index contributed by atoms with van der Waals surface area (Å²) in [5.74, 6) is 2.05. The molecule has 1 N–H and O–H groups in total. The number of rotatable bonds is 5. The standard InChI is InChI=1S/C21H28N2OS/c24-20(22-17-13-12-15-6-1-2-7-16(15)14-17)10-5-11-21-23-18-8-3-4-9-19(18)25-21/h3-4,8-9,15-17H,1-2,5-7,10-14H2,(H,22,24). The Hall–Kier alpha value is -1.42. The van der Waals surface area contributed by atoms with E-state index in [1.165, 1.54) is 49.6 Å². The predicted molar refractivity (Wildman–Crippen MR) is 104 cm³/mol. The average molecular weight is 357 g/mol. The lowest BCUT2D eigenvalue weighted by Gasteiger charge is -2.39. The molecule has 0 bridgehead atoms. The lowest BCUT2D eigenvalue weighted by Crippen LogP contribution is -2.41. The largest absolute Gasteiger partial charge is 0.353 e. The first-order valence-corrected chi connectivity index (χ1v) is 10.7. The number of carbonyl (C=O) groups is 1. The summed E-state index contributed by atoms with van der Waals surface area (Å²) in [4.78, 5) is 17.0. The number of para-hydroxylation sites is 1. The number of benzene rings is 1. The van der Waals surface area contributed by atoms with Crippen LogP contribution in [0.4, 0.5) is 0 Å². The number of fused-ring (bicyclic) bond motifs is 2. The molecule has 0 spiro atoms. The average Bonchev–Trinajstić information content (AvgIpc) is 3.04. The third-order valence-electron chi connectivity index (χ3n) is 6.04. The van der Waals surface area contributed by atoms with Crippen LogP contribution in [-0.4, -0.2) is 16.9 Å². The molecule has 2 fully saturated rings. The third kappa shape index (κ3) is 4.22. The van der Waals surface area contributed by atoms with Crippen LogP contribution in [0.3, 0.4) is 0 Å². The van der Waals surface area contributed by atoms with Crippen LogP contribution >= 0.6 is 11.3 Å². The van der Waals surface area contributed by atoms with Gasteiger partial charge in [0.2, 0.25) is 5.91 Å². The molecule has 2 aliphatic carbocycles. The first kappa shape index (κ1) is 17.0. The summed E-state index contributed by atoms with van der Waals surface area (Å²) in [7, 11) is 0. The molecule has 0 aliphatic heterocycles. The molecule has 1 heterocycles. The molecule has 2 aromatic rings. The summed E-state index contributed by atoms with van der Waals surface area (Å²) in [6.45, 7) is 0. The number of amides is 1. The zero-order chi connectivity index (χ0) is 17.1. The van der Waals surface area contributed by atoms with Crippen LogP contribution < -0.4 is 5.32 Å². The van der Waals surface area contributed by atoms with E-state index in [0.717, 1.165) is 35.2 Å². The Labute approximate surface area is 154 Å². The molecule has 4 rings (SSSR count). The van der Waals surface area contributed by atoms with Crippen LogP contribution in [0.5, 0.6) is 0 Å². The number of aryl methyl sites for hydroxylation is 1. The van der Waals surface area contributed by atoms with Gasteiger partial charge in [0, 0.05) is 12.5 Å². The van der Waals surface area contributed by atoms with E-state index in [1.807, 2.05) is 6.07 Å². The smallest absolute Gasteiger partial charge is 0.220 e. The van der Waals surface area contributed by atoms with Gasteiger partial charge in [0.25, 0.3) is 0 Å². The molecular weight excluding hydrogens is 328 g/mol. The number of carbonyl (C=O) groups excluding carboxylic acids is 1. The summed E-state index contributed by atoms with van der Waals surface area (Å²) in [6.07, 6.45) is 11.8. The highest BCUT2D eigenvalue weighted by Crippen LogP contribution is 2.40. The third-order valence-corrected chi connectivity index (χ3v) is 7.13. The van der Waals surface area contributed by atoms with Crippen LogP contribution in [0, 0.1) is 11.8 Å². The highest BCUT2D eigenvalue weighted by atomic mass is 32.1. The molecule has 0 saturated heterocycles. The molecule has 3 nitrogen and oxygen atoms in total. The Morgan fingerprint density at radius 1 is 1.12 bits per heavy atom. The Bertz CT molecular complexity index is 693. The zero-order valence-electron chi connectivity index (χ0n) is 14.9. The number of hydrogen-bond donors (Lipinski definition) is 1. The summed E-state index contributed by atoms with van der Waals surface area (Å²) in [5, 5.41) is 4.46. The molecule has 0 radical (unpaired) electrons. The van der Waals surface area contributed by atoms with E-state index in [1.54, 1.807) is 11.3 Å². The molecule has 1 amide bonds. The van der Waals surface area contributed by atoms with Gasteiger partial charge in [-0.15, -0.1) is 11.3 Å². The second-order valence-corrected chi connectivity index (χ2v) is 8.93. The van der Waals surface area contributed by atoms with Crippen LogP contribution in [0.15, 0.2) is 24.3 Å². The fourth-order valence-electron chi connectivity index (χ4n) is 4.73. The molecule has 1 aromatic carbocycles. The molecular formula is C21H28N2OS. The number of nitrogens with zero attached hydrogens (tertiary/aromatic N) is 1. The minimum atomic E-state index is 0.236. The predicted octanol–water partition coefficient (Wildman–Crippen LogP) is 5.09. The molecule has 134 valence electrons. The van der Waals surface area contributed by atoms with Gasteiger partial charge in [-0.2, -0.15) is 0 Å². The first-order valence-electron chi connectivity index (χ1n) is 9.92. The summed E-state index contributed by atoms with van der Waals surface area (Å²) in [5.41, 5.74) is 1.08. The molecule has 2 aliphatic rings. The Morgan fingerprint density at radius 3 is 2.84 bits per heavy atom. The summed E-state index contributed by atoms with van der Waals surface area (Å²) < 4.78 is 1.24. The van der Waals surface area contributed by atoms with E-state index >= 15 is 0 Å². The molecule has 25 heavy (non-hydrogen) atoms. The minimum Gasteiger partial charge on any atom is -0.353 e. The van der Waals surface area contributed by atoms with Crippen LogP contribution in [0.25, 0.3) is 10.2 Å². The molecule has 3 unspecified atom stereocenters. The van der Waals surface area contributed by atoms with Crippen molar-refractivity contribution in [1.82, 2.24) is 10.3 Å². The van der Waals surface area contributed by atoms with Gasteiger partial charge in [0.05, 0.1) is 15.2 Å². The Morgan fingerprint density at radius 2 is 1.96 bits per heavy atom. The van der Waals surface area contributed by atoms with Crippen molar-refractivity contribution in [2.45, 2.75) is 70.3 Å². The van der Waals surface area contributed by atoms with Gasteiger partial charge >= 0.3 is 0 Å². The van der Waals surface area contributed by atoms with Gasteiger partial charge < -0.3 is 5.32 Å². The van der Waals surface area contributed by atoms with Gasteiger partial charge in [0.15, 0.2) is 0 Å². The Kier molecular flexibility index (Phi) is 5.35. The van der Waals surface area contributed by atoms with Gasteiger partial charge in [-0.3, -0.25) is 4.79 Å². The van der Waals surface area contributed by atoms with Crippen molar-refractivity contribution in [2.24, 2.45) is 11.8 Å². The van der Waals surface area contributed by atoms with E-state index in [-0.39, 0.29) is 5.91 Å². The maximum absolute atomic E-state index is 12.3. The second kappa shape index (κ2) is 7.86. The Balaban J connectivity index is 1.21. The molecule has 4 heteroatoms. The van der Waals surface area contributed by atoms with Crippen LogP contribution in [0.1, 0.15) is 62.8 Å². The van der Waals surface area contributed by atoms with Crippen molar-refractivity contribution in [3.8, 4) is 0 Å². The fourth-order valence-corrected chi connectivity index (χ4v) is 5.74. The van der Waals surface area contributed by atoms with Crippen molar-refractivity contribution in [2.75, 3.05) is 0 Å². The van der Waals surface area contributed by atoms with Crippen LogP contribution in [0.2, 0.25) is 0 Å². The lowest BCUT2D eigenvalue weighted by atomic mass is 9.69. The van der Waals surface area contributed by atoms with Gasteiger partial charge in [-0.25, -0.2) is 4.98 Å². The molecule has 1 aromatic heterocycles. The maximum atomic E-state index is 12.3. The monoisotopic (exact) mass is 356 g/mol. The second-order valence-electron chi connectivity index (χ2n) is 7.81. The van der Waals surface area contributed by atoms with Crippen molar-refractivity contribution in [3.63, 3.8) is 0 Å². The highest BCUT2D eigenvalue weighted by molar-refractivity contribution is 7.18. The van der Waals surface area contributed by atoms with Crippen molar-refractivity contribution in [3.05, 3.63) is 29.3 Å². The molecule has 2 saturated carbocycles. The van der Waals surface area contributed by atoms with Gasteiger partial charge in [-0.1, -0.05) is 37.8 Å². The summed E-state index contributed by atoms with van der Waals surface area (Å²) in [6, 6.07) is 8.68. The normalized spacial score (nSPS) is 26.3. The zero-order valence-corrected chi connectivity index (χ0v) is 15.7. The van der Waals surface area contributed by atoms with Crippen LogP contribution in [-0.2, 0) is 11.2 Å². The number of hydrogen-bond acceptors (Lipinski definition) is 3. The van der Waals surface area contributed by atoms with Crippen molar-refractivity contribution >= 4 is 27.5 Å². The topological polar surface area (TPSA) is 42.0 Å². The van der Waals surface area contributed by atoms with E-state index in [0.29, 0.717) is 12.5 Å². The quantitative estimate of drug-likeness (QED) is 0.810. The maximum Gasteiger partial charge on any atom is 0.220 e. The highest BCUT2D eigenvalue weighted by Gasteiger charge is 2.32. The van der Waals surface area contributed by atoms with Gasteiger partial charge in [-0.05, 0) is 56.1 Å². The minimum absolute atomic E-state index is 0.236. The van der Waals surface area contributed by atoms with E-state index in [9.17, 15) is 4.79 Å². The first-order chi connectivity index (χ1) is 12.3. The fraction of sp³-hybridized carbons (Fsp3) is 0.619. The lowest BCUT2D eigenvalue weighted by molar-refractivity contribution is -0.122. The van der Waals surface area contributed by atoms with E-state index < -0.39 is 0 Å². The van der Waals surface area contributed by atoms with Crippen molar-refractivity contribution < 1.29 is 4.79 Å². The van der Waals surface area contributed by atoms with Crippen molar-refractivity contribution in [1.29, 1.82) is 0 Å². The van der Waals surface area contributed by atoms with E-state index in [4.69, 9.17) is 0 Å². The molecule has 3 atom stereocenters. The SMILES string of the molecule is O=C(CCCc1nc2ccccc2s1)NC1CCC2CCCCC2C1. The van der Waals surface area contributed by atoms with E-state index in [2.05, 4.69) is 28.5 Å².